The summed E-state index contributed by atoms with van der Waals surface area (Å²) in [4.78, 5) is 0. The normalized spacial score (nSPS) is 16.4. The lowest BCUT2D eigenvalue weighted by atomic mass is 9.86. The quantitative estimate of drug-likeness (QED) is 0.802. The molecule has 0 heterocycles. The molecular formula is C11H12BrFO. The SMILES string of the molecule is Fc1ccc(OCC2CCC2)cc1Br. The minimum absolute atomic E-state index is 0.249. The molecule has 0 atom stereocenters. The molecule has 0 unspecified atom stereocenters. The third-order valence-corrected chi connectivity index (χ3v) is 3.21. The third kappa shape index (κ3) is 2.27. The van der Waals surface area contributed by atoms with Crippen LogP contribution in [0.4, 0.5) is 4.39 Å². The predicted molar refractivity (Wildman–Crippen MR) is 56.9 cm³/mol. The van der Waals surface area contributed by atoms with Crippen molar-refractivity contribution >= 4 is 15.9 Å². The van der Waals surface area contributed by atoms with Crippen LogP contribution in [-0.4, -0.2) is 6.61 Å². The van der Waals surface area contributed by atoms with Crippen LogP contribution < -0.4 is 4.74 Å². The van der Waals surface area contributed by atoms with Gasteiger partial charge in [0.15, 0.2) is 0 Å². The molecule has 1 aliphatic carbocycles. The fraction of sp³-hybridized carbons (Fsp3) is 0.455. The monoisotopic (exact) mass is 258 g/mol. The van der Waals surface area contributed by atoms with Gasteiger partial charge in [-0.1, -0.05) is 6.42 Å². The fourth-order valence-corrected chi connectivity index (χ4v) is 1.80. The molecule has 1 saturated carbocycles. The molecule has 14 heavy (non-hydrogen) atoms. The van der Waals surface area contributed by atoms with E-state index in [0.29, 0.717) is 10.4 Å². The van der Waals surface area contributed by atoms with E-state index in [1.165, 1.54) is 25.3 Å². The van der Waals surface area contributed by atoms with Crippen LogP contribution >= 0.6 is 15.9 Å². The van der Waals surface area contributed by atoms with Crippen molar-refractivity contribution in [1.82, 2.24) is 0 Å². The number of halogens is 2. The van der Waals surface area contributed by atoms with Crippen LogP contribution in [-0.2, 0) is 0 Å². The van der Waals surface area contributed by atoms with Gasteiger partial charge < -0.3 is 4.74 Å². The second kappa shape index (κ2) is 4.30. The van der Waals surface area contributed by atoms with Crippen LogP contribution in [0.3, 0.4) is 0 Å². The Morgan fingerprint density at radius 3 is 2.79 bits per heavy atom. The first-order valence-electron chi connectivity index (χ1n) is 4.83. The molecule has 0 aliphatic heterocycles. The van der Waals surface area contributed by atoms with E-state index in [0.717, 1.165) is 12.4 Å². The number of rotatable bonds is 3. The minimum atomic E-state index is -0.249. The van der Waals surface area contributed by atoms with Gasteiger partial charge in [0, 0.05) is 0 Å². The summed E-state index contributed by atoms with van der Waals surface area (Å²) in [6.45, 7) is 0.762. The van der Waals surface area contributed by atoms with E-state index in [1.807, 2.05) is 0 Å². The highest BCUT2D eigenvalue weighted by molar-refractivity contribution is 9.10. The molecular weight excluding hydrogens is 247 g/mol. The third-order valence-electron chi connectivity index (χ3n) is 2.60. The van der Waals surface area contributed by atoms with Crippen molar-refractivity contribution < 1.29 is 9.13 Å². The molecule has 1 aliphatic rings. The Kier molecular flexibility index (Phi) is 3.06. The molecule has 0 saturated heterocycles. The van der Waals surface area contributed by atoms with Crippen molar-refractivity contribution in [2.75, 3.05) is 6.61 Å². The minimum Gasteiger partial charge on any atom is -0.493 e. The molecule has 76 valence electrons. The van der Waals surface area contributed by atoms with Gasteiger partial charge in [-0.25, -0.2) is 4.39 Å². The average molecular weight is 259 g/mol. The van der Waals surface area contributed by atoms with Crippen LogP contribution in [0, 0.1) is 11.7 Å². The van der Waals surface area contributed by atoms with Gasteiger partial charge >= 0.3 is 0 Å². The Morgan fingerprint density at radius 2 is 2.21 bits per heavy atom. The molecule has 0 radical (unpaired) electrons. The lowest BCUT2D eigenvalue weighted by Crippen LogP contribution is -2.19. The van der Waals surface area contributed by atoms with Crippen molar-refractivity contribution in [3.8, 4) is 5.75 Å². The molecule has 2 rings (SSSR count). The molecule has 0 aromatic heterocycles. The smallest absolute Gasteiger partial charge is 0.137 e. The highest BCUT2D eigenvalue weighted by Gasteiger charge is 2.17. The Morgan fingerprint density at radius 1 is 1.43 bits per heavy atom. The van der Waals surface area contributed by atoms with Gasteiger partial charge in [-0.3, -0.25) is 0 Å². The fourth-order valence-electron chi connectivity index (χ4n) is 1.44. The second-order valence-corrected chi connectivity index (χ2v) is 4.54. The zero-order valence-corrected chi connectivity index (χ0v) is 9.39. The molecule has 1 aromatic rings. The van der Waals surface area contributed by atoms with Gasteiger partial charge in [-0.2, -0.15) is 0 Å². The summed E-state index contributed by atoms with van der Waals surface area (Å²) in [6.07, 6.45) is 3.85. The Bertz CT molecular complexity index is 323. The number of hydrogen-bond acceptors (Lipinski definition) is 1. The second-order valence-electron chi connectivity index (χ2n) is 3.68. The largest absolute Gasteiger partial charge is 0.493 e. The van der Waals surface area contributed by atoms with Gasteiger partial charge in [0.2, 0.25) is 0 Å². The maximum Gasteiger partial charge on any atom is 0.137 e. The lowest BCUT2D eigenvalue weighted by molar-refractivity contribution is 0.180. The van der Waals surface area contributed by atoms with E-state index in [9.17, 15) is 4.39 Å². The maximum absolute atomic E-state index is 12.9. The van der Waals surface area contributed by atoms with Gasteiger partial charge in [-0.15, -0.1) is 0 Å². The molecule has 1 fully saturated rings. The zero-order chi connectivity index (χ0) is 9.97. The van der Waals surface area contributed by atoms with Gasteiger partial charge in [0.05, 0.1) is 11.1 Å². The Labute approximate surface area is 91.4 Å². The number of ether oxygens (including phenoxy) is 1. The van der Waals surface area contributed by atoms with Crippen molar-refractivity contribution in [1.29, 1.82) is 0 Å². The molecule has 1 aromatic carbocycles. The van der Waals surface area contributed by atoms with Gasteiger partial charge in [0.1, 0.15) is 11.6 Å². The van der Waals surface area contributed by atoms with Crippen LogP contribution in [0.2, 0.25) is 0 Å². The first-order valence-corrected chi connectivity index (χ1v) is 5.63. The van der Waals surface area contributed by atoms with Crippen LogP contribution in [0.1, 0.15) is 19.3 Å². The van der Waals surface area contributed by atoms with Crippen molar-refractivity contribution in [2.45, 2.75) is 19.3 Å². The topological polar surface area (TPSA) is 9.23 Å². The summed E-state index contributed by atoms with van der Waals surface area (Å²) in [7, 11) is 0. The first-order chi connectivity index (χ1) is 6.75. The highest BCUT2D eigenvalue weighted by atomic mass is 79.9. The first kappa shape index (κ1) is 9.97. The molecule has 0 N–H and O–H groups in total. The standard InChI is InChI=1S/C11H12BrFO/c12-10-6-9(4-5-11(10)13)14-7-8-2-1-3-8/h4-6,8H,1-3,7H2. The van der Waals surface area contributed by atoms with E-state index >= 15 is 0 Å². The molecule has 0 spiro atoms. The summed E-state index contributed by atoms with van der Waals surface area (Å²) in [6, 6.07) is 4.76. The highest BCUT2D eigenvalue weighted by Crippen LogP contribution is 2.28. The predicted octanol–water partition coefficient (Wildman–Crippen LogP) is 3.77. The van der Waals surface area contributed by atoms with Crippen molar-refractivity contribution in [3.63, 3.8) is 0 Å². The molecule has 0 bridgehead atoms. The number of hydrogen-bond donors (Lipinski definition) is 0. The van der Waals surface area contributed by atoms with E-state index in [1.54, 1.807) is 12.1 Å². The summed E-state index contributed by atoms with van der Waals surface area (Å²) in [5.41, 5.74) is 0. The summed E-state index contributed by atoms with van der Waals surface area (Å²) in [5, 5.41) is 0. The summed E-state index contributed by atoms with van der Waals surface area (Å²) in [5.74, 6) is 1.20. The Hall–Kier alpha value is -0.570. The van der Waals surface area contributed by atoms with E-state index < -0.39 is 0 Å². The average Bonchev–Trinajstić information content (AvgIpc) is 2.08. The maximum atomic E-state index is 12.9. The van der Waals surface area contributed by atoms with Crippen LogP contribution in [0.25, 0.3) is 0 Å². The van der Waals surface area contributed by atoms with E-state index in [-0.39, 0.29) is 5.82 Å². The molecule has 0 amide bonds. The Balaban J connectivity index is 1.91. The van der Waals surface area contributed by atoms with Gasteiger partial charge in [0.25, 0.3) is 0 Å². The van der Waals surface area contributed by atoms with Gasteiger partial charge in [-0.05, 0) is 52.9 Å². The number of benzene rings is 1. The lowest BCUT2D eigenvalue weighted by Gasteiger charge is -2.25. The zero-order valence-electron chi connectivity index (χ0n) is 7.80. The van der Waals surface area contributed by atoms with E-state index in [2.05, 4.69) is 15.9 Å². The van der Waals surface area contributed by atoms with Crippen molar-refractivity contribution in [2.24, 2.45) is 5.92 Å². The summed E-state index contributed by atoms with van der Waals surface area (Å²) >= 11 is 3.13. The van der Waals surface area contributed by atoms with Crippen LogP contribution in [0.15, 0.2) is 22.7 Å². The van der Waals surface area contributed by atoms with E-state index in [4.69, 9.17) is 4.74 Å². The molecule has 1 nitrogen and oxygen atoms in total. The van der Waals surface area contributed by atoms with Crippen LogP contribution in [0.5, 0.6) is 5.75 Å². The van der Waals surface area contributed by atoms with Crippen molar-refractivity contribution in [3.05, 3.63) is 28.5 Å². The summed E-state index contributed by atoms with van der Waals surface area (Å²) < 4.78 is 18.9. The molecule has 3 heteroatoms.